The zero-order chi connectivity index (χ0) is 11.7. The molecule has 0 bridgehead atoms. The molecule has 88 valence electrons. The molecule has 0 atom stereocenters. The van der Waals surface area contributed by atoms with Crippen molar-refractivity contribution in [1.82, 2.24) is 9.97 Å². The van der Waals surface area contributed by atoms with Crippen molar-refractivity contribution in [2.75, 3.05) is 18.5 Å². The van der Waals surface area contributed by atoms with Crippen molar-refractivity contribution in [2.24, 2.45) is 5.92 Å². The number of halogens is 2. The normalized spacial score (nSPS) is 24.0. The van der Waals surface area contributed by atoms with Gasteiger partial charge in [0.2, 0.25) is 0 Å². The summed E-state index contributed by atoms with van der Waals surface area (Å²) in [7, 11) is 1.97. The molecule has 4 nitrogen and oxygen atoms in total. The predicted molar refractivity (Wildman–Crippen MR) is 66.7 cm³/mol. The molecule has 0 unspecified atom stereocenters. The maximum atomic E-state index is 9.23. The Morgan fingerprint density at radius 2 is 2.25 bits per heavy atom. The second-order valence-corrected chi connectivity index (χ2v) is 5.32. The average Bonchev–Trinajstić information content (AvgIpc) is 2.19. The molecular formula is C10H13BrClN3O. The number of aliphatic hydroxyl groups is 1. The van der Waals surface area contributed by atoms with Crippen LogP contribution in [0.2, 0.25) is 5.15 Å². The van der Waals surface area contributed by atoms with E-state index >= 15 is 0 Å². The van der Waals surface area contributed by atoms with E-state index < -0.39 is 0 Å². The SMILES string of the molecule is CN(CC1CC(O)C1)c1ncnc(Cl)c1Br. The van der Waals surface area contributed by atoms with Crippen LogP contribution < -0.4 is 4.90 Å². The van der Waals surface area contributed by atoms with Gasteiger partial charge in [0.15, 0.2) is 0 Å². The van der Waals surface area contributed by atoms with Crippen LogP contribution in [0.25, 0.3) is 0 Å². The third-order valence-corrected chi connectivity index (χ3v) is 4.08. The quantitative estimate of drug-likeness (QED) is 0.869. The van der Waals surface area contributed by atoms with Gasteiger partial charge >= 0.3 is 0 Å². The van der Waals surface area contributed by atoms with Crippen molar-refractivity contribution in [2.45, 2.75) is 18.9 Å². The molecule has 1 saturated carbocycles. The van der Waals surface area contributed by atoms with Crippen LogP contribution in [0.5, 0.6) is 0 Å². The number of aromatic nitrogens is 2. The Hall–Kier alpha value is -0.390. The van der Waals surface area contributed by atoms with E-state index in [0.29, 0.717) is 11.1 Å². The molecule has 1 aromatic heterocycles. The zero-order valence-electron chi connectivity index (χ0n) is 8.90. The standard InChI is InChI=1S/C10H13BrClN3O/c1-15(4-6-2-7(16)3-6)10-8(11)9(12)13-5-14-10/h5-7,16H,2-4H2,1H3. The molecular weight excluding hydrogens is 293 g/mol. The summed E-state index contributed by atoms with van der Waals surface area (Å²) in [5.41, 5.74) is 0. The highest BCUT2D eigenvalue weighted by molar-refractivity contribution is 9.10. The van der Waals surface area contributed by atoms with Crippen molar-refractivity contribution in [3.05, 3.63) is 16.0 Å². The second-order valence-electron chi connectivity index (χ2n) is 4.17. The van der Waals surface area contributed by atoms with E-state index in [1.165, 1.54) is 6.33 Å². The van der Waals surface area contributed by atoms with E-state index in [4.69, 9.17) is 11.6 Å². The summed E-state index contributed by atoms with van der Waals surface area (Å²) >= 11 is 9.28. The number of hydrogen-bond donors (Lipinski definition) is 1. The molecule has 0 radical (unpaired) electrons. The monoisotopic (exact) mass is 305 g/mol. The van der Waals surface area contributed by atoms with Gasteiger partial charge in [0, 0.05) is 13.6 Å². The number of nitrogens with zero attached hydrogens (tertiary/aromatic N) is 3. The van der Waals surface area contributed by atoms with Crippen LogP contribution in [-0.2, 0) is 0 Å². The molecule has 2 rings (SSSR count). The van der Waals surface area contributed by atoms with E-state index in [1.807, 2.05) is 11.9 Å². The molecule has 1 heterocycles. The second kappa shape index (κ2) is 4.85. The van der Waals surface area contributed by atoms with E-state index in [1.54, 1.807) is 0 Å². The molecule has 1 aliphatic carbocycles. The molecule has 0 saturated heterocycles. The Balaban J connectivity index is 2.03. The van der Waals surface area contributed by atoms with E-state index in [9.17, 15) is 5.11 Å². The predicted octanol–water partition coefficient (Wildman–Crippen LogP) is 2.10. The lowest BCUT2D eigenvalue weighted by Gasteiger charge is -2.35. The largest absolute Gasteiger partial charge is 0.393 e. The van der Waals surface area contributed by atoms with Crippen molar-refractivity contribution in [3.8, 4) is 0 Å². The minimum absolute atomic E-state index is 0.115. The van der Waals surface area contributed by atoms with Crippen LogP contribution in [0, 0.1) is 5.92 Å². The first-order chi connectivity index (χ1) is 7.58. The van der Waals surface area contributed by atoms with Crippen LogP contribution in [0.3, 0.4) is 0 Å². The maximum absolute atomic E-state index is 9.23. The number of anilines is 1. The topological polar surface area (TPSA) is 49.2 Å². The summed E-state index contributed by atoms with van der Waals surface area (Å²) in [5.74, 6) is 1.34. The van der Waals surface area contributed by atoms with Gasteiger partial charge in [0.1, 0.15) is 17.3 Å². The van der Waals surface area contributed by atoms with Gasteiger partial charge in [-0.15, -0.1) is 0 Å². The summed E-state index contributed by atoms with van der Waals surface area (Å²) < 4.78 is 0.721. The summed E-state index contributed by atoms with van der Waals surface area (Å²) in [6.45, 7) is 0.878. The van der Waals surface area contributed by atoms with Gasteiger partial charge in [-0.2, -0.15) is 0 Å². The van der Waals surface area contributed by atoms with Crippen molar-refractivity contribution in [3.63, 3.8) is 0 Å². The third kappa shape index (κ3) is 2.47. The lowest BCUT2D eigenvalue weighted by molar-refractivity contribution is 0.0464. The minimum Gasteiger partial charge on any atom is -0.393 e. The van der Waals surface area contributed by atoms with E-state index in [2.05, 4.69) is 25.9 Å². The Bertz CT molecular complexity index is 384. The van der Waals surface area contributed by atoms with Crippen LogP contribution in [0.15, 0.2) is 10.8 Å². The molecule has 1 fully saturated rings. The van der Waals surface area contributed by atoms with Gasteiger partial charge < -0.3 is 10.0 Å². The van der Waals surface area contributed by atoms with E-state index in [0.717, 1.165) is 29.7 Å². The van der Waals surface area contributed by atoms with Gasteiger partial charge in [-0.3, -0.25) is 0 Å². The molecule has 6 heteroatoms. The van der Waals surface area contributed by atoms with Crippen LogP contribution >= 0.6 is 27.5 Å². The molecule has 0 spiro atoms. The van der Waals surface area contributed by atoms with Crippen LogP contribution in [0.4, 0.5) is 5.82 Å². The fourth-order valence-corrected chi connectivity index (χ4v) is 2.56. The van der Waals surface area contributed by atoms with Crippen molar-refractivity contribution >= 4 is 33.3 Å². The number of rotatable bonds is 3. The summed E-state index contributed by atoms with van der Waals surface area (Å²) in [4.78, 5) is 10.1. The van der Waals surface area contributed by atoms with Crippen LogP contribution in [0.1, 0.15) is 12.8 Å². The molecule has 1 N–H and O–H groups in total. The third-order valence-electron chi connectivity index (χ3n) is 2.83. The Kier molecular flexibility index (Phi) is 3.66. The summed E-state index contributed by atoms with van der Waals surface area (Å²) in [5, 5.41) is 9.65. The first-order valence-electron chi connectivity index (χ1n) is 5.13. The highest BCUT2D eigenvalue weighted by atomic mass is 79.9. The van der Waals surface area contributed by atoms with Gasteiger partial charge in [-0.05, 0) is 34.7 Å². The van der Waals surface area contributed by atoms with Crippen molar-refractivity contribution < 1.29 is 5.11 Å². The molecule has 1 aliphatic rings. The van der Waals surface area contributed by atoms with Gasteiger partial charge in [0.05, 0.1) is 10.6 Å². The fourth-order valence-electron chi connectivity index (χ4n) is 1.93. The summed E-state index contributed by atoms with van der Waals surface area (Å²) in [6.07, 6.45) is 3.09. The van der Waals surface area contributed by atoms with Crippen LogP contribution in [-0.4, -0.2) is 34.8 Å². The highest BCUT2D eigenvalue weighted by Crippen LogP contribution is 2.32. The lowest BCUT2D eigenvalue weighted by atomic mass is 9.82. The molecule has 0 aliphatic heterocycles. The van der Waals surface area contributed by atoms with E-state index in [-0.39, 0.29) is 6.10 Å². The maximum Gasteiger partial charge on any atom is 0.148 e. The fraction of sp³-hybridized carbons (Fsp3) is 0.600. The number of aliphatic hydroxyl groups excluding tert-OH is 1. The highest BCUT2D eigenvalue weighted by Gasteiger charge is 2.28. The van der Waals surface area contributed by atoms with Crippen molar-refractivity contribution in [1.29, 1.82) is 0 Å². The number of hydrogen-bond acceptors (Lipinski definition) is 4. The lowest BCUT2D eigenvalue weighted by Crippen LogP contribution is -2.37. The zero-order valence-corrected chi connectivity index (χ0v) is 11.2. The first kappa shape index (κ1) is 12.1. The van der Waals surface area contributed by atoms with Gasteiger partial charge in [-0.25, -0.2) is 9.97 Å². The average molecular weight is 307 g/mol. The summed E-state index contributed by atoms with van der Waals surface area (Å²) in [6, 6.07) is 0. The van der Waals surface area contributed by atoms with Gasteiger partial charge in [-0.1, -0.05) is 11.6 Å². The smallest absolute Gasteiger partial charge is 0.148 e. The molecule has 0 amide bonds. The van der Waals surface area contributed by atoms with Gasteiger partial charge in [0.25, 0.3) is 0 Å². The Morgan fingerprint density at radius 1 is 1.56 bits per heavy atom. The molecule has 0 aromatic carbocycles. The first-order valence-corrected chi connectivity index (χ1v) is 6.30. The minimum atomic E-state index is -0.115. The Morgan fingerprint density at radius 3 is 2.88 bits per heavy atom. The molecule has 1 aromatic rings. The Labute approximate surface area is 108 Å². The molecule has 16 heavy (non-hydrogen) atoms.